The number of nitrogens with one attached hydrogen (secondary N) is 1. The van der Waals surface area contributed by atoms with Crippen LogP contribution in [0, 0.1) is 0 Å². The summed E-state index contributed by atoms with van der Waals surface area (Å²) in [5, 5.41) is 17.0. The number of benzene rings is 4. The first-order chi connectivity index (χ1) is 17.1. The van der Waals surface area contributed by atoms with Gasteiger partial charge in [-0.25, -0.2) is 10.4 Å². The number of carbonyl (C=O) groups is 1. The molecule has 0 spiro atoms. The lowest BCUT2D eigenvalue weighted by molar-refractivity contribution is 0.0956. The third-order valence-electron chi connectivity index (χ3n) is 5.73. The van der Waals surface area contributed by atoms with Gasteiger partial charge >= 0.3 is 0 Å². The molecule has 0 saturated carbocycles. The molecule has 35 heavy (non-hydrogen) atoms. The predicted octanol–water partition coefficient (Wildman–Crippen LogP) is 5.92. The number of pyridine rings is 1. The van der Waals surface area contributed by atoms with Gasteiger partial charge < -0.3 is 9.84 Å². The molecular weight excluding hydrogens is 438 g/mol. The summed E-state index contributed by atoms with van der Waals surface area (Å²) in [6, 6.07) is 28.0. The first-order valence-electron chi connectivity index (χ1n) is 11.3. The second kappa shape index (κ2) is 9.65. The number of rotatable bonds is 6. The van der Waals surface area contributed by atoms with Gasteiger partial charge in [0, 0.05) is 16.5 Å². The maximum absolute atomic E-state index is 13.2. The summed E-state index contributed by atoms with van der Waals surface area (Å²) in [7, 11) is 0. The number of phenolic OH excluding ortho intramolecular Hbond substituents is 1. The molecule has 6 heteroatoms. The lowest BCUT2D eigenvalue weighted by Crippen LogP contribution is -2.18. The number of hydrazone groups is 1. The van der Waals surface area contributed by atoms with E-state index in [1.807, 2.05) is 85.8 Å². The van der Waals surface area contributed by atoms with Crippen LogP contribution < -0.4 is 10.2 Å². The minimum absolute atomic E-state index is 0.0915. The van der Waals surface area contributed by atoms with Gasteiger partial charge in [0.2, 0.25) is 0 Å². The molecule has 0 aliphatic heterocycles. The topological polar surface area (TPSA) is 83.8 Å². The lowest BCUT2D eigenvalue weighted by atomic mass is 10.0. The van der Waals surface area contributed by atoms with Crippen molar-refractivity contribution in [2.45, 2.75) is 6.92 Å². The number of aromatic nitrogens is 1. The third-order valence-corrected chi connectivity index (χ3v) is 5.73. The molecule has 0 bridgehead atoms. The number of carbonyl (C=O) groups excluding carboxylic acids is 1. The summed E-state index contributed by atoms with van der Waals surface area (Å²) >= 11 is 0. The van der Waals surface area contributed by atoms with E-state index in [0.717, 1.165) is 27.5 Å². The molecule has 0 atom stereocenters. The van der Waals surface area contributed by atoms with Crippen LogP contribution in [0.5, 0.6) is 11.5 Å². The average molecular weight is 462 g/mol. The van der Waals surface area contributed by atoms with Gasteiger partial charge in [0.1, 0.15) is 11.5 Å². The zero-order valence-electron chi connectivity index (χ0n) is 19.1. The Morgan fingerprint density at radius 1 is 0.971 bits per heavy atom. The van der Waals surface area contributed by atoms with Gasteiger partial charge in [-0.1, -0.05) is 48.5 Å². The number of phenols is 1. The van der Waals surface area contributed by atoms with Crippen LogP contribution in [0.4, 0.5) is 0 Å². The Bertz CT molecular complexity index is 1560. The Hall–Kier alpha value is -4.71. The Morgan fingerprint density at radius 2 is 1.71 bits per heavy atom. The van der Waals surface area contributed by atoms with Crippen molar-refractivity contribution in [3.05, 3.63) is 102 Å². The molecule has 172 valence electrons. The molecule has 0 aliphatic carbocycles. The van der Waals surface area contributed by atoms with Crippen LogP contribution in [-0.4, -0.2) is 28.8 Å². The highest BCUT2D eigenvalue weighted by Gasteiger charge is 2.14. The number of nitrogens with zero attached hydrogens (tertiary/aromatic N) is 2. The normalized spacial score (nSPS) is 11.2. The number of hydrogen-bond donors (Lipinski definition) is 2. The Balaban J connectivity index is 1.47. The number of amides is 1. The molecule has 1 amide bonds. The van der Waals surface area contributed by atoms with E-state index in [0.29, 0.717) is 28.9 Å². The molecule has 0 fully saturated rings. The van der Waals surface area contributed by atoms with Gasteiger partial charge in [0.15, 0.2) is 0 Å². The van der Waals surface area contributed by atoms with Gasteiger partial charge in [0.05, 0.1) is 29.6 Å². The van der Waals surface area contributed by atoms with Crippen molar-refractivity contribution in [3.63, 3.8) is 0 Å². The van der Waals surface area contributed by atoms with Gasteiger partial charge in [-0.05, 0) is 60.2 Å². The highest BCUT2D eigenvalue weighted by atomic mass is 16.5. The van der Waals surface area contributed by atoms with E-state index in [1.165, 1.54) is 6.21 Å². The third kappa shape index (κ3) is 4.54. The largest absolute Gasteiger partial charge is 0.507 e. The van der Waals surface area contributed by atoms with Crippen molar-refractivity contribution >= 4 is 33.8 Å². The summed E-state index contributed by atoms with van der Waals surface area (Å²) < 4.78 is 5.53. The molecule has 2 N–H and O–H groups in total. The highest BCUT2D eigenvalue weighted by Crippen LogP contribution is 2.27. The predicted molar refractivity (Wildman–Crippen MR) is 139 cm³/mol. The Labute approximate surface area is 202 Å². The second-order valence-corrected chi connectivity index (χ2v) is 7.95. The van der Waals surface area contributed by atoms with Gasteiger partial charge in [-0.3, -0.25) is 4.79 Å². The molecule has 5 rings (SSSR count). The van der Waals surface area contributed by atoms with Crippen LogP contribution in [0.25, 0.3) is 32.9 Å². The first-order valence-corrected chi connectivity index (χ1v) is 11.3. The fourth-order valence-electron chi connectivity index (χ4n) is 4.04. The minimum Gasteiger partial charge on any atom is -0.507 e. The highest BCUT2D eigenvalue weighted by molar-refractivity contribution is 6.08. The van der Waals surface area contributed by atoms with Gasteiger partial charge in [-0.2, -0.15) is 5.10 Å². The summed E-state index contributed by atoms with van der Waals surface area (Å²) in [5.41, 5.74) is 5.86. The van der Waals surface area contributed by atoms with Crippen molar-refractivity contribution < 1.29 is 14.6 Å². The molecular formula is C29H23N3O3. The SMILES string of the molecule is CCOc1ccc(-c2cc(C(=O)N/N=C\c3c(O)ccc4ccccc34)c3ccccc3n2)cc1. The molecule has 0 radical (unpaired) electrons. The fourth-order valence-corrected chi connectivity index (χ4v) is 4.04. The van der Waals surface area contributed by atoms with E-state index >= 15 is 0 Å². The van der Waals surface area contributed by atoms with E-state index in [-0.39, 0.29) is 11.7 Å². The van der Waals surface area contributed by atoms with Crippen LogP contribution >= 0.6 is 0 Å². The van der Waals surface area contributed by atoms with Crippen LogP contribution in [-0.2, 0) is 0 Å². The Morgan fingerprint density at radius 3 is 2.51 bits per heavy atom. The molecule has 1 aromatic heterocycles. The molecule has 6 nitrogen and oxygen atoms in total. The van der Waals surface area contributed by atoms with Crippen LogP contribution in [0.2, 0.25) is 0 Å². The van der Waals surface area contributed by atoms with E-state index < -0.39 is 0 Å². The molecule has 0 saturated heterocycles. The quantitative estimate of drug-likeness (QED) is 0.243. The molecule has 0 unspecified atom stereocenters. The number of fused-ring (bicyclic) bond motifs is 2. The van der Waals surface area contributed by atoms with Crippen LogP contribution in [0.1, 0.15) is 22.8 Å². The maximum atomic E-state index is 13.2. The molecule has 4 aromatic carbocycles. The molecule has 1 heterocycles. The summed E-state index contributed by atoms with van der Waals surface area (Å²) in [6.07, 6.45) is 1.46. The standard InChI is InChI=1S/C29H23N3O3/c1-2-35-21-14-11-20(12-15-21)27-17-24(23-9-5-6-10-26(23)31-27)29(34)32-30-18-25-22-8-4-3-7-19(22)13-16-28(25)33/h3-18,33H,2H2,1H3,(H,32,34)/b30-18-. The monoisotopic (exact) mass is 461 g/mol. The lowest BCUT2D eigenvalue weighted by Gasteiger charge is -2.10. The van der Waals surface area contributed by atoms with E-state index in [2.05, 4.69) is 10.5 Å². The maximum Gasteiger partial charge on any atom is 0.272 e. The van der Waals surface area contributed by atoms with E-state index in [4.69, 9.17) is 9.72 Å². The van der Waals surface area contributed by atoms with Crippen molar-refractivity contribution in [2.24, 2.45) is 5.10 Å². The smallest absolute Gasteiger partial charge is 0.272 e. The van der Waals surface area contributed by atoms with Crippen molar-refractivity contribution in [3.8, 4) is 22.8 Å². The average Bonchev–Trinajstić information content (AvgIpc) is 2.90. The first kappa shape index (κ1) is 22.1. The minimum atomic E-state index is -0.369. The second-order valence-electron chi connectivity index (χ2n) is 7.95. The zero-order chi connectivity index (χ0) is 24.2. The van der Waals surface area contributed by atoms with Crippen LogP contribution in [0.15, 0.2) is 96.1 Å². The summed E-state index contributed by atoms with van der Waals surface area (Å²) in [4.78, 5) is 17.9. The fraction of sp³-hybridized carbons (Fsp3) is 0.0690. The van der Waals surface area contributed by atoms with E-state index in [9.17, 15) is 9.90 Å². The number of ether oxygens (including phenoxy) is 1. The van der Waals surface area contributed by atoms with Gasteiger partial charge in [0.25, 0.3) is 5.91 Å². The van der Waals surface area contributed by atoms with Crippen molar-refractivity contribution in [1.29, 1.82) is 0 Å². The Kier molecular flexibility index (Phi) is 6.09. The van der Waals surface area contributed by atoms with E-state index in [1.54, 1.807) is 12.1 Å². The number of aromatic hydroxyl groups is 1. The molecule has 0 aliphatic rings. The van der Waals surface area contributed by atoms with Gasteiger partial charge in [-0.15, -0.1) is 0 Å². The van der Waals surface area contributed by atoms with Crippen molar-refractivity contribution in [1.82, 2.24) is 10.4 Å². The number of para-hydroxylation sites is 1. The van der Waals surface area contributed by atoms with Crippen LogP contribution in [0.3, 0.4) is 0 Å². The van der Waals surface area contributed by atoms with Crippen molar-refractivity contribution in [2.75, 3.05) is 6.61 Å². The summed E-state index contributed by atoms with van der Waals surface area (Å²) in [5.74, 6) is 0.502. The molecule has 5 aromatic rings. The number of hydrogen-bond acceptors (Lipinski definition) is 5. The summed E-state index contributed by atoms with van der Waals surface area (Å²) in [6.45, 7) is 2.53. The zero-order valence-corrected chi connectivity index (χ0v) is 19.1.